The number of aromatic nitrogens is 1. The Bertz CT molecular complexity index is 817. The van der Waals surface area contributed by atoms with Gasteiger partial charge in [-0.3, -0.25) is 4.79 Å². The molecule has 0 aliphatic carbocycles. The van der Waals surface area contributed by atoms with Crippen LogP contribution < -0.4 is 0 Å². The van der Waals surface area contributed by atoms with Gasteiger partial charge in [-0.25, -0.2) is 0 Å². The second kappa shape index (κ2) is 14.6. The molecule has 1 unspecified atom stereocenters. The van der Waals surface area contributed by atoms with E-state index in [1.165, 1.54) is 54.9 Å². The minimum atomic E-state index is -1.15. The lowest BCUT2D eigenvalue weighted by Gasteiger charge is -2.08. The first-order valence-electron chi connectivity index (χ1n) is 11.0. The summed E-state index contributed by atoms with van der Waals surface area (Å²) in [5.74, 6) is -0.155. The maximum absolute atomic E-state index is 10.2. The van der Waals surface area contributed by atoms with Crippen molar-refractivity contribution in [2.24, 2.45) is 0 Å². The first-order chi connectivity index (χ1) is 14.8. The lowest BCUT2D eigenvalue weighted by molar-refractivity contribution is -0.125. The molecule has 2 N–H and O–H groups in total. The number of benzene rings is 1. The third-order valence-electron chi connectivity index (χ3n) is 5.06. The van der Waals surface area contributed by atoms with Crippen molar-refractivity contribution in [3.8, 4) is 12.5 Å². The topological polar surface area (TPSA) is 68.8 Å². The first kappa shape index (κ1) is 26.7. The summed E-state index contributed by atoms with van der Waals surface area (Å²) in [7, 11) is 6.41. The second-order valence-electron chi connectivity index (χ2n) is 8.21. The molecular formula is C25H39N3O3. The third kappa shape index (κ3) is 11.0. The zero-order valence-corrected chi connectivity index (χ0v) is 19.8. The lowest BCUT2D eigenvalue weighted by Crippen LogP contribution is -2.14. The molecule has 2 heterocycles. The normalized spacial score (nSPS) is 14.3. The molecule has 0 bridgehead atoms. The first-order valence-corrected chi connectivity index (χ1v) is 11.0. The maximum atomic E-state index is 10.2. The Hall–Kier alpha value is -2.33. The van der Waals surface area contributed by atoms with Gasteiger partial charge in [-0.05, 0) is 90.1 Å². The molecule has 0 amide bonds. The third-order valence-corrected chi connectivity index (χ3v) is 5.06. The van der Waals surface area contributed by atoms with Crippen molar-refractivity contribution in [2.75, 3.05) is 40.8 Å². The number of H-pyrrole nitrogens is 1. The Kier molecular flexibility index (Phi) is 12.6. The fourth-order valence-corrected chi connectivity index (χ4v) is 3.24. The largest absolute Gasteiger partial charge is 0.414 e. The number of aromatic amines is 1. The molecule has 1 saturated heterocycles. The Morgan fingerprint density at radius 1 is 1.35 bits per heavy atom. The van der Waals surface area contributed by atoms with Gasteiger partial charge in [-0.2, -0.15) is 0 Å². The predicted molar refractivity (Wildman–Crippen MR) is 128 cm³/mol. The highest BCUT2D eigenvalue weighted by Gasteiger charge is 2.06. The number of likely N-dealkylation sites (N-methyl/N-ethyl adjacent to an activating group) is 1. The number of aliphatic hydroxyl groups excluding tert-OH is 1. The summed E-state index contributed by atoms with van der Waals surface area (Å²) < 4.78 is 4.22. The van der Waals surface area contributed by atoms with E-state index in [1.807, 2.05) is 0 Å². The molecule has 6 heteroatoms. The highest BCUT2D eigenvalue weighted by atomic mass is 16.6. The van der Waals surface area contributed by atoms with Crippen molar-refractivity contribution in [1.29, 1.82) is 0 Å². The molecule has 1 aromatic carbocycles. The van der Waals surface area contributed by atoms with Crippen LogP contribution in [0.25, 0.3) is 10.9 Å². The number of aryl methyl sites for hydroxylation is 1. The summed E-state index contributed by atoms with van der Waals surface area (Å²) in [5, 5.41) is 10.0. The Labute approximate surface area is 187 Å². The van der Waals surface area contributed by atoms with Crippen LogP contribution in [-0.4, -0.2) is 72.7 Å². The Balaban J connectivity index is 0.000000269. The van der Waals surface area contributed by atoms with E-state index in [4.69, 9.17) is 5.11 Å². The van der Waals surface area contributed by atoms with E-state index >= 15 is 0 Å². The summed E-state index contributed by atoms with van der Waals surface area (Å²) >= 11 is 0. The predicted octanol–water partition coefficient (Wildman–Crippen LogP) is 3.44. The van der Waals surface area contributed by atoms with Gasteiger partial charge < -0.3 is 24.6 Å². The van der Waals surface area contributed by atoms with Crippen LogP contribution in [0, 0.1) is 12.5 Å². The van der Waals surface area contributed by atoms with Gasteiger partial charge in [0.05, 0.1) is 6.42 Å². The number of Topliss-reactive ketones (excluding diaryl/α,β-unsaturated/α-hetero) is 1. The number of terminal acetylenes is 1. The van der Waals surface area contributed by atoms with Crippen LogP contribution >= 0.6 is 0 Å². The van der Waals surface area contributed by atoms with Gasteiger partial charge in [0.15, 0.2) is 0 Å². The molecule has 0 saturated carbocycles. The molecule has 1 fully saturated rings. The molecule has 6 nitrogen and oxygen atoms in total. The molecule has 1 atom stereocenters. The molecule has 1 aliphatic heterocycles. The average Bonchev–Trinajstić information content (AvgIpc) is 3.35. The van der Waals surface area contributed by atoms with Crippen LogP contribution in [0.3, 0.4) is 0 Å². The van der Waals surface area contributed by atoms with Crippen molar-refractivity contribution in [3.63, 3.8) is 0 Å². The standard InChI is InChI=1S/C14H20N2.C6H8O3.C5H11N/c1-4-11-5-6-14-13(9-11)12(10-15-14)7-8-16(2)3;1-3-9-6(8)4-5(2)7;1-6-4-2-3-5-6/h5-6,9-10,15H,4,7-8H2,1-3H3;1,6,8H,4H2,2H3;2-5H2,1H3. The number of likely N-dealkylation sites (tertiary alicyclic amines) is 1. The van der Waals surface area contributed by atoms with Gasteiger partial charge in [-0.15, -0.1) is 0 Å². The summed E-state index contributed by atoms with van der Waals surface area (Å²) in [6, 6.07) is 6.71. The number of ketones is 1. The van der Waals surface area contributed by atoms with Crippen LogP contribution in [0.5, 0.6) is 0 Å². The van der Waals surface area contributed by atoms with E-state index in [-0.39, 0.29) is 12.2 Å². The minimum absolute atomic E-state index is 0.0514. The average molecular weight is 430 g/mol. The van der Waals surface area contributed by atoms with Crippen LogP contribution in [0.4, 0.5) is 0 Å². The molecule has 0 spiro atoms. The van der Waals surface area contributed by atoms with E-state index in [1.54, 1.807) is 6.11 Å². The van der Waals surface area contributed by atoms with Gasteiger partial charge in [-0.1, -0.05) is 19.4 Å². The van der Waals surface area contributed by atoms with Gasteiger partial charge in [0.1, 0.15) is 11.9 Å². The molecule has 1 aliphatic rings. The fourth-order valence-electron chi connectivity index (χ4n) is 3.24. The molecule has 2 aromatic rings. The zero-order valence-electron chi connectivity index (χ0n) is 19.8. The molecule has 172 valence electrons. The van der Waals surface area contributed by atoms with Gasteiger partial charge in [0.25, 0.3) is 0 Å². The zero-order chi connectivity index (χ0) is 23.2. The number of rotatable bonds is 7. The van der Waals surface area contributed by atoms with Crippen LogP contribution in [0.2, 0.25) is 0 Å². The minimum Gasteiger partial charge on any atom is -0.414 e. The van der Waals surface area contributed by atoms with Crippen molar-refractivity contribution < 1.29 is 14.6 Å². The van der Waals surface area contributed by atoms with E-state index < -0.39 is 6.29 Å². The van der Waals surface area contributed by atoms with E-state index in [0.717, 1.165) is 19.4 Å². The summed E-state index contributed by atoms with van der Waals surface area (Å²) in [5.41, 5.74) is 4.10. The van der Waals surface area contributed by atoms with Crippen molar-refractivity contribution >= 4 is 16.7 Å². The van der Waals surface area contributed by atoms with Crippen LogP contribution in [-0.2, 0) is 22.4 Å². The number of hydrogen-bond acceptors (Lipinski definition) is 5. The highest BCUT2D eigenvalue weighted by molar-refractivity contribution is 5.83. The summed E-state index contributed by atoms with van der Waals surface area (Å²) in [4.78, 5) is 18.2. The van der Waals surface area contributed by atoms with Crippen LogP contribution in [0.15, 0.2) is 24.4 Å². The molecule has 3 rings (SSSR count). The quantitative estimate of drug-likeness (QED) is 0.521. The fraction of sp³-hybridized carbons (Fsp3) is 0.560. The Morgan fingerprint density at radius 3 is 2.52 bits per heavy atom. The number of nitrogens with zero attached hydrogens (tertiary/aromatic N) is 2. The number of nitrogens with one attached hydrogen (secondary N) is 1. The van der Waals surface area contributed by atoms with Crippen molar-refractivity contribution in [1.82, 2.24) is 14.8 Å². The van der Waals surface area contributed by atoms with Crippen molar-refractivity contribution in [3.05, 3.63) is 35.5 Å². The summed E-state index contributed by atoms with van der Waals surface area (Å²) in [6.07, 6.45) is 12.4. The van der Waals surface area contributed by atoms with Crippen LogP contribution in [0.1, 0.15) is 44.2 Å². The van der Waals surface area contributed by atoms with E-state index in [9.17, 15) is 4.79 Å². The summed E-state index contributed by atoms with van der Waals surface area (Å²) in [6.45, 7) is 7.29. The monoisotopic (exact) mass is 429 g/mol. The van der Waals surface area contributed by atoms with E-state index in [2.05, 4.69) is 78.4 Å². The number of ether oxygens (including phenoxy) is 1. The smallest absolute Gasteiger partial charge is 0.214 e. The molecule has 1 aromatic heterocycles. The Morgan fingerprint density at radius 2 is 2.03 bits per heavy atom. The maximum Gasteiger partial charge on any atom is 0.214 e. The molecule has 0 radical (unpaired) electrons. The number of carbonyl (C=O) groups excluding carboxylic acids is 1. The van der Waals surface area contributed by atoms with Gasteiger partial charge >= 0.3 is 0 Å². The number of hydrogen-bond donors (Lipinski definition) is 2. The number of aliphatic hydroxyl groups is 1. The SMILES string of the molecule is C#COC(O)CC(C)=O.CCc1ccc2[nH]cc(CCN(C)C)c2c1.CN1CCCC1. The number of fused-ring (bicyclic) bond motifs is 1. The van der Waals surface area contributed by atoms with Crippen molar-refractivity contribution in [2.45, 2.75) is 52.2 Å². The second-order valence-corrected chi connectivity index (χ2v) is 8.21. The van der Waals surface area contributed by atoms with Gasteiger partial charge in [0, 0.05) is 23.6 Å². The molecular weight excluding hydrogens is 390 g/mol. The lowest BCUT2D eigenvalue weighted by atomic mass is 10.1. The van der Waals surface area contributed by atoms with E-state index in [0.29, 0.717) is 0 Å². The highest BCUT2D eigenvalue weighted by Crippen LogP contribution is 2.20. The molecule has 31 heavy (non-hydrogen) atoms. The van der Waals surface area contributed by atoms with Gasteiger partial charge in [0.2, 0.25) is 6.29 Å². The number of carbonyl (C=O) groups is 1.